The highest BCUT2D eigenvalue weighted by Gasteiger charge is 2.23. The Morgan fingerprint density at radius 2 is 1.00 bits per heavy atom. The van der Waals surface area contributed by atoms with Crippen molar-refractivity contribution in [2.24, 2.45) is 11.8 Å². The first kappa shape index (κ1) is 12.0. The van der Waals surface area contributed by atoms with E-state index in [9.17, 15) is 10.2 Å². The smallest absolute Gasteiger partial charge is 0.0677 e. The minimum Gasteiger partial charge on any atom is -0.392 e. The molecule has 2 N–H and O–H groups in total. The Kier molecular flexibility index (Phi) is 4.26. The van der Waals surface area contributed by atoms with Gasteiger partial charge in [0.2, 0.25) is 0 Å². The molecule has 90 valence electrons. The summed E-state index contributed by atoms with van der Waals surface area (Å²) in [4.78, 5) is 0. The molecule has 2 heteroatoms. The lowest BCUT2D eigenvalue weighted by molar-refractivity contribution is 0.0921. The van der Waals surface area contributed by atoms with Crippen LogP contribution in [0.15, 0.2) is 0 Å². The maximum atomic E-state index is 9.80. The maximum absolute atomic E-state index is 9.80. The van der Waals surface area contributed by atoms with Gasteiger partial charge in [0.25, 0.3) is 0 Å². The summed E-state index contributed by atoms with van der Waals surface area (Å²) in [5.41, 5.74) is 0. The average molecular weight is 222 g/mol. The normalized spacial score (nSPS) is 39.9. The number of aliphatic hydroxyl groups excluding tert-OH is 2. The van der Waals surface area contributed by atoms with E-state index in [0.717, 1.165) is 38.5 Å². The van der Waals surface area contributed by atoms with Crippen LogP contribution in [-0.2, 0) is 0 Å². The topological polar surface area (TPSA) is 40.5 Å². The molecule has 2 aliphatic rings. The van der Waals surface area contributed by atoms with Gasteiger partial charge in [0.1, 0.15) is 0 Å². The molecule has 0 radical (unpaired) electrons. The van der Waals surface area contributed by atoms with Crippen molar-refractivity contribution in [3.8, 4) is 11.8 Å². The fraction of sp³-hybridized carbons (Fsp3) is 0.857. The summed E-state index contributed by atoms with van der Waals surface area (Å²) in [6.45, 7) is 0. The second-order valence-electron chi connectivity index (χ2n) is 5.21. The molecule has 4 atom stereocenters. The molecule has 0 aromatic heterocycles. The minimum absolute atomic E-state index is 0.155. The Labute approximate surface area is 98.1 Å². The summed E-state index contributed by atoms with van der Waals surface area (Å²) in [6, 6.07) is 0. The third kappa shape index (κ3) is 2.99. The lowest BCUT2D eigenvalue weighted by Gasteiger charge is -2.25. The number of aliphatic hydroxyl groups is 2. The number of rotatable bonds is 0. The fourth-order valence-corrected chi connectivity index (χ4v) is 2.77. The molecule has 2 nitrogen and oxygen atoms in total. The van der Waals surface area contributed by atoms with Gasteiger partial charge in [-0.2, -0.15) is 0 Å². The maximum Gasteiger partial charge on any atom is 0.0677 e. The molecular formula is C14H22O2. The zero-order chi connectivity index (χ0) is 11.4. The quantitative estimate of drug-likeness (QED) is 0.616. The highest BCUT2D eigenvalue weighted by Crippen LogP contribution is 2.26. The molecular weight excluding hydrogens is 200 g/mol. The van der Waals surface area contributed by atoms with Gasteiger partial charge < -0.3 is 10.2 Å². The van der Waals surface area contributed by atoms with Crippen molar-refractivity contribution in [2.75, 3.05) is 0 Å². The second-order valence-corrected chi connectivity index (χ2v) is 5.21. The van der Waals surface area contributed by atoms with Gasteiger partial charge in [-0.3, -0.25) is 0 Å². The van der Waals surface area contributed by atoms with E-state index in [1.54, 1.807) is 0 Å². The van der Waals surface area contributed by atoms with Crippen molar-refractivity contribution in [3.05, 3.63) is 0 Å². The third-order valence-corrected chi connectivity index (χ3v) is 3.91. The van der Waals surface area contributed by atoms with E-state index in [2.05, 4.69) is 11.8 Å². The van der Waals surface area contributed by atoms with Crippen molar-refractivity contribution in [2.45, 2.75) is 63.6 Å². The number of hydrogen-bond donors (Lipinski definition) is 2. The highest BCUT2D eigenvalue weighted by atomic mass is 16.3. The van der Waals surface area contributed by atoms with E-state index in [0.29, 0.717) is 0 Å². The molecule has 0 saturated heterocycles. The monoisotopic (exact) mass is 222 g/mol. The molecule has 16 heavy (non-hydrogen) atoms. The van der Waals surface area contributed by atoms with Gasteiger partial charge in [-0.25, -0.2) is 0 Å². The zero-order valence-corrected chi connectivity index (χ0v) is 9.86. The molecule has 2 rings (SSSR count). The van der Waals surface area contributed by atoms with E-state index in [1.165, 1.54) is 12.8 Å². The zero-order valence-electron chi connectivity index (χ0n) is 9.86. The highest BCUT2D eigenvalue weighted by molar-refractivity contribution is 5.11. The van der Waals surface area contributed by atoms with Gasteiger partial charge >= 0.3 is 0 Å². The van der Waals surface area contributed by atoms with E-state index < -0.39 is 0 Å². The van der Waals surface area contributed by atoms with Crippen LogP contribution in [0.3, 0.4) is 0 Å². The summed E-state index contributed by atoms with van der Waals surface area (Å²) in [5, 5.41) is 19.6. The van der Waals surface area contributed by atoms with Gasteiger partial charge in [0.05, 0.1) is 12.2 Å². The predicted octanol–water partition coefficient (Wildman–Crippen LogP) is 2.09. The van der Waals surface area contributed by atoms with Crippen LogP contribution >= 0.6 is 0 Å². The Morgan fingerprint density at radius 1 is 0.625 bits per heavy atom. The molecule has 0 bridgehead atoms. The van der Waals surface area contributed by atoms with Crippen LogP contribution in [0.4, 0.5) is 0 Å². The average Bonchev–Trinajstić information content (AvgIpc) is 2.30. The fourth-order valence-electron chi connectivity index (χ4n) is 2.77. The molecule has 0 aromatic carbocycles. The molecule has 0 aliphatic heterocycles. The van der Waals surface area contributed by atoms with E-state index in [4.69, 9.17) is 0 Å². The first-order valence-corrected chi connectivity index (χ1v) is 6.64. The summed E-state index contributed by atoms with van der Waals surface area (Å²) in [7, 11) is 0. The van der Waals surface area contributed by atoms with Crippen LogP contribution < -0.4 is 0 Å². The summed E-state index contributed by atoms with van der Waals surface area (Å²) < 4.78 is 0. The molecule has 0 heterocycles. The lowest BCUT2D eigenvalue weighted by Crippen LogP contribution is -2.25. The van der Waals surface area contributed by atoms with E-state index in [1.807, 2.05) is 0 Å². The number of hydrogen-bond acceptors (Lipinski definition) is 2. The van der Waals surface area contributed by atoms with Crippen LogP contribution in [0.5, 0.6) is 0 Å². The molecule has 0 aromatic rings. The standard InChI is InChI=1S/C14H22O2/c15-13-7-3-1-5-11(13)9-10-12-6-2-4-8-14(12)16/h11-16H,1-8H2. The second kappa shape index (κ2) is 5.70. The van der Waals surface area contributed by atoms with Crippen LogP contribution in [0, 0.1) is 23.7 Å². The SMILES string of the molecule is OC1CCCCC1C#CC1CCCCC1O. The van der Waals surface area contributed by atoms with Crippen molar-refractivity contribution < 1.29 is 10.2 Å². The lowest BCUT2D eigenvalue weighted by atomic mass is 9.84. The van der Waals surface area contributed by atoms with Gasteiger partial charge in [0, 0.05) is 11.8 Å². The van der Waals surface area contributed by atoms with Crippen LogP contribution in [0.25, 0.3) is 0 Å². The van der Waals surface area contributed by atoms with E-state index >= 15 is 0 Å². The van der Waals surface area contributed by atoms with Crippen LogP contribution in [0.2, 0.25) is 0 Å². The summed E-state index contributed by atoms with van der Waals surface area (Å²) >= 11 is 0. The van der Waals surface area contributed by atoms with Crippen LogP contribution in [-0.4, -0.2) is 22.4 Å². The molecule has 0 amide bonds. The van der Waals surface area contributed by atoms with Crippen molar-refractivity contribution >= 4 is 0 Å². The molecule has 2 saturated carbocycles. The Hall–Kier alpha value is -0.520. The summed E-state index contributed by atoms with van der Waals surface area (Å²) in [6.07, 6.45) is 8.00. The largest absolute Gasteiger partial charge is 0.392 e. The van der Waals surface area contributed by atoms with Gasteiger partial charge in [-0.1, -0.05) is 37.5 Å². The van der Waals surface area contributed by atoms with Gasteiger partial charge in [-0.05, 0) is 25.7 Å². The van der Waals surface area contributed by atoms with Crippen molar-refractivity contribution in [1.29, 1.82) is 0 Å². The first-order chi connectivity index (χ1) is 7.77. The molecule has 2 fully saturated rings. The van der Waals surface area contributed by atoms with Crippen molar-refractivity contribution in [3.63, 3.8) is 0 Å². The Morgan fingerprint density at radius 3 is 1.38 bits per heavy atom. The molecule has 4 unspecified atom stereocenters. The first-order valence-electron chi connectivity index (χ1n) is 6.64. The Balaban J connectivity index is 1.91. The minimum atomic E-state index is -0.234. The molecule has 0 spiro atoms. The van der Waals surface area contributed by atoms with Crippen LogP contribution in [0.1, 0.15) is 51.4 Å². The molecule has 2 aliphatic carbocycles. The Bertz CT molecular complexity index is 250. The van der Waals surface area contributed by atoms with Crippen molar-refractivity contribution in [1.82, 2.24) is 0 Å². The van der Waals surface area contributed by atoms with Gasteiger partial charge in [0.15, 0.2) is 0 Å². The van der Waals surface area contributed by atoms with Gasteiger partial charge in [-0.15, -0.1) is 0 Å². The summed E-state index contributed by atoms with van der Waals surface area (Å²) in [5.74, 6) is 6.73. The predicted molar refractivity (Wildman–Crippen MR) is 63.7 cm³/mol. The third-order valence-electron chi connectivity index (χ3n) is 3.91. The van der Waals surface area contributed by atoms with E-state index in [-0.39, 0.29) is 24.0 Å².